The van der Waals surface area contributed by atoms with Crippen molar-refractivity contribution in [3.05, 3.63) is 53.1 Å². The molecule has 116 valence electrons. The molecule has 2 aromatic carbocycles. The van der Waals surface area contributed by atoms with Crippen LogP contribution in [-0.4, -0.2) is 25.3 Å². The van der Waals surface area contributed by atoms with Crippen molar-refractivity contribution < 1.29 is 19.4 Å². The normalized spacial score (nSPS) is 10.4. The van der Waals surface area contributed by atoms with Crippen LogP contribution < -0.4 is 4.74 Å². The number of ether oxygens (including phenoxy) is 2. The summed E-state index contributed by atoms with van der Waals surface area (Å²) in [4.78, 5) is 11.5. The summed E-state index contributed by atoms with van der Waals surface area (Å²) in [6.45, 7) is 1.93. The maximum absolute atomic E-state index is 11.5. The Kier molecular flexibility index (Phi) is 5.17. The van der Waals surface area contributed by atoms with Crippen molar-refractivity contribution in [2.24, 2.45) is 0 Å². The van der Waals surface area contributed by atoms with Crippen LogP contribution in [0.4, 0.5) is 0 Å². The van der Waals surface area contributed by atoms with E-state index in [9.17, 15) is 9.90 Å². The van der Waals surface area contributed by atoms with Crippen LogP contribution in [0.25, 0.3) is 11.1 Å². The van der Waals surface area contributed by atoms with Crippen LogP contribution in [0, 0.1) is 6.92 Å². The molecule has 0 fully saturated rings. The van der Waals surface area contributed by atoms with Gasteiger partial charge in [-0.2, -0.15) is 0 Å². The van der Waals surface area contributed by atoms with Gasteiger partial charge in [0.2, 0.25) is 0 Å². The molecule has 0 bridgehead atoms. The van der Waals surface area contributed by atoms with Crippen LogP contribution in [0.1, 0.15) is 16.7 Å². The number of esters is 1. The summed E-state index contributed by atoms with van der Waals surface area (Å²) in [6, 6.07) is 11.5. The first kappa shape index (κ1) is 16.0. The first-order valence-electron chi connectivity index (χ1n) is 7.03. The number of hydrogen-bond acceptors (Lipinski definition) is 4. The van der Waals surface area contributed by atoms with Crippen molar-refractivity contribution in [3.8, 4) is 16.9 Å². The molecule has 2 rings (SSSR count). The van der Waals surface area contributed by atoms with Crippen LogP contribution in [0.3, 0.4) is 0 Å². The second-order valence-corrected chi connectivity index (χ2v) is 5.11. The molecule has 0 radical (unpaired) electrons. The summed E-state index contributed by atoms with van der Waals surface area (Å²) in [5, 5.41) is 9.61. The van der Waals surface area contributed by atoms with Gasteiger partial charge >= 0.3 is 5.97 Å². The Morgan fingerprint density at radius 1 is 1.09 bits per heavy atom. The lowest BCUT2D eigenvalue weighted by atomic mass is 9.95. The molecule has 0 aromatic heterocycles. The highest BCUT2D eigenvalue weighted by Gasteiger charge is 2.13. The third-order valence-corrected chi connectivity index (χ3v) is 3.56. The van der Waals surface area contributed by atoms with E-state index >= 15 is 0 Å². The molecule has 0 spiro atoms. The van der Waals surface area contributed by atoms with E-state index in [-0.39, 0.29) is 19.0 Å². The van der Waals surface area contributed by atoms with Gasteiger partial charge < -0.3 is 14.6 Å². The quantitative estimate of drug-likeness (QED) is 0.863. The maximum Gasteiger partial charge on any atom is 0.309 e. The number of aliphatic hydroxyl groups is 1. The summed E-state index contributed by atoms with van der Waals surface area (Å²) >= 11 is 0. The minimum atomic E-state index is -0.289. The van der Waals surface area contributed by atoms with E-state index in [1.165, 1.54) is 7.11 Å². The molecule has 22 heavy (non-hydrogen) atoms. The molecular formula is C18H20O4. The van der Waals surface area contributed by atoms with E-state index < -0.39 is 0 Å². The van der Waals surface area contributed by atoms with E-state index in [1.54, 1.807) is 7.11 Å². The Hall–Kier alpha value is -2.33. The number of aliphatic hydroxyl groups excluding tert-OH is 1. The molecular weight excluding hydrogens is 280 g/mol. The third-order valence-electron chi connectivity index (χ3n) is 3.56. The molecule has 4 nitrogen and oxygen atoms in total. The minimum Gasteiger partial charge on any atom is -0.496 e. The molecule has 0 aliphatic rings. The van der Waals surface area contributed by atoms with Crippen molar-refractivity contribution in [1.29, 1.82) is 0 Å². The summed E-state index contributed by atoms with van der Waals surface area (Å²) < 4.78 is 10.1. The van der Waals surface area contributed by atoms with Crippen LogP contribution in [-0.2, 0) is 22.6 Å². The zero-order chi connectivity index (χ0) is 16.1. The Morgan fingerprint density at radius 2 is 1.86 bits per heavy atom. The fraction of sp³-hybridized carbons (Fsp3) is 0.278. The second kappa shape index (κ2) is 7.09. The van der Waals surface area contributed by atoms with E-state index in [0.717, 1.165) is 27.8 Å². The number of carbonyl (C=O) groups excluding carboxylic acids is 1. The Labute approximate surface area is 130 Å². The lowest BCUT2D eigenvalue weighted by molar-refractivity contribution is -0.139. The molecule has 0 amide bonds. The van der Waals surface area contributed by atoms with Gasteiger partial charge in [-0.15, -0.1) is 0 Å². The predicted octanol–water partition coefficient (Wildman–Crippen LogP) is 2.88. The number of hydrogen-bond donors (Lipinski definition) is 1. The van der Waals surface area contributed by atoms with Crippen LogP contribution >= 0.6 is 0 Å². The molecule has 2 aromatic rings. The van der Waals surface area contributed by atoms with E-state index in [0.29, 0.717) is 5.75 Å². The Morgan fingerprint density at radius 3 is 2.50 bits per heavy atom. The second-order valence-electron chi connectivity index (χ2n) is 5.11. The highest BCUT2D eigenvalue weighted by atomic mass is 16.5. The van der Waals surface area contributed by atoms with Crippen molar-refractivity contribution in [3.63, 3.8) is 0 Å². The van der Waals surface area contributed by atoms with Gasteiger partial charge in [-0.05, 0) is 35.7 Å². The third kappa shape index (κ3) is 3.46. The van der Waals surface area contributed by atoms with E-state index in [1.807, 2.05) is 43.3 Å². The van der Waals surface area contributed by atoms with Gasteiger partial charge in [-0.1, -0.05) is 29.8 Å². The van der Waals surface area contributed by atoms with Crippen molar-refractivity contribution in [1.82, 2.24) is 0 Å². The zero-order valence-electron chi connectivity index (χ0n) is 13.1. The van der Waals surface area contributed by atoms with Gasteiger partial charge in [0.25, 0.3) is 0 Å². The number of aryl methyl sites for hydroxylation is 1. The molecule has 0 aliphatic heterocycles. The lowest BCUT2D eigenvalue weighted by Gasteiger charge is -2.14. The zero-order valence-corrected chi connectivity index (χ0v) is 13.1. The highest BCUT2D eigenvalue weighted by molar-refractivity contribution is 5.77. The molecule has 4 heteroatoms. The Balaban J connectivity index is 2.52. The SMILES string of the molecule is COC(=O)Cc1ccc(OC)c(-c2ccc(C)cc2CO)c1. The first-order chi connectivity index (χ1) is 10.6. The van der Waals surface area contributed by atoms with E-state index in [2.05, 4.69) is 0 Å². The number of carbonyl (C=O) groups is 1. The summed E-state index contributed by atoms with van der Waals surface area (Å²) in [5.74, 6) is 0.412. The predicted molar refractivity (Wildman–Crippen MR) is 84.8 cm³/mol. The van der Waals surface area contributed by atoms with Gasteiger partial charge in [0.1, 0.15) is 5.75 Å². The smallest absolute Gasteiger partial charge is 0.309 e. The van der Waals surface area contributed by atoms with Gasteiger partial charge in [-0.3, -0.25) is 4.79 Å². The van der Waals surface area contributed by atoms with Crippen LogP contribution in [0.5, 0.6) is 5.75 Å². The molecule has 0 heterocycles. The van der Waals surface area contributed by atoms with Crippen LogP contribution in [0.15, 0.2) is 36.4 Å². The van der Waals surface area contributed by atoms with Crippen molar-refractivity contribution >= 4 is 5.97 Å². The number of methoxy groups -OCH3 is 2. The molecule has 0 aliphatic carbocycles. The van der Waals surface area contributed by atoms with Crippen molar-refractivity contribution in [2.45, 2.75) is 20.0 Å². The average Bonchev–Trinajstić information content (AvgIpc) is 2.54. The maximum atomic E-state index is 11.5. The summed E-state index contributed by atoms with van der Waals surface area (Å²) in [7, 11) is 2.97. The molecule has 0 saturated heterocycles. The summed E-state index contributed by atoms with van der Waals surface area (Å²) in [6.07, 6.45) is 0.202. The van der Waals surface area contributed by atoms with Gasteiger partial charge in [0.15, 0.2) is 0 Å². The Bertz CT molecular complexity index is 677. The lowest BCUT2D eigenvalue weighted by Crippen LogP contribution is -2.05. The minimum absolute atomic E-state index is 0.0542. The number of benzene rings is 2. The largest absolute Gasteiger partial charge is 0.496 e. The first-order valence-corrected chi connectivity index (χ1v) is 7.03. The van der Waals surface area contributed by atoms with Crippen molar-refractivity contribution in [2.75, 3.05) is 14.2 Å². The standard InChI is InChI=1S/C18H20O4/c1-12-4-6-15(14(8-12)11-19)16-9-13(10-18(20)22-3)5-7-17(16)21-2/h4-9,19H,10-11H2,1-3H3. The molecule has 0 saturated carbocycles. The van der Waals surface area contributed by atoms with Crippen LogP contribution in [0.2, 0.25) is 0 Å². The topological polar surface area (TPSA) is 55.8 Å². The summed E-state index contributed by atoms with van der Waals surface area (Å²) in [5.41, 5.74) is 4.50. The van der Waals surface area contributed by atoms with Gasteiger partial charge in [-0.25, -0.2) is 0 Å². The molecule has 0 unspecified atom stereocenters. The van der Waals surface area contributed by atoms with Gasteiger partial charge in [0.05, 0.1) is 27.2 Å². The number of rotatable bonds is 5. The van der Waals surface area contributed by atoms with E-state index in [4.69, 9.17) is 9.47 Å². The molecule has 0 atom stereocenters. The average molecular weight is 300 g/mol. The monoisotopic (exact) mass is 300 g/mol. The fourth-order valence-electron chi connectivity index (χ4n) is 2.43. The highest BCUT2D eigenvalue weighted by Crippen LogP contribution is 2.34. The fourth-order valence-corrected chi connectivity index (χ4v) is 2.43. The molecule has 1 N–H and O–H groups in total. The van der Waals surface area contributed by atoms with Gasteiger partial charge in [0, 0.05) is 5.56 Å².